The Morgan fingerprint density at radius 3 is 2.72 bits per heavy atom. The molecule has 1 saturated heterocycles. The summed E-state index contributed by atoms with van der Waals surface area (Å²) >= 11 is 1.46. The zero-order valence-electron chi connectivity index (χ0n) is 29.5. The van der Waals surface area contributed by atoms with Crippen LogP contribution >= 0.6 is 11.3 Å². The van der Waals surface area contributed by atoms with Crippen LogP contribution in [0.2, 0.25) is 0 Å². The van der Waals surface area contributed by atoms with Gasteiger partial charge in [0.1, 0.15) is 40.6 Å². The molecule has 13 nitrogen and oxygen atoms in total. The summed E-state index contributed by atoms with van der Waals surface area (Å²) in [7, 11) is -3.90. The molecule has 5 heterocycles. The molecule has 8 rings (SSSR count). The van der Waals surface area contributed by atoms with Crippen molar-refractivity contribution in [3.63, 3.8) is 0 Å². The first kappa shape index (κ1) is 36.2. The molecule has 5 atom stereocenters. The van der Waals surface area contributed by atoms with Gasteiger partial charge in [-0.3, -0.25) is 23.9 Å². The number of allylic oxidation sites excluding steroid dienone is 1. The fourth-order valence-corrected chi connectivity index (χ4v) is 9.64. The number of pyridine rings is 1. The minimum Gasteiger partial charge on any atom is -0.484 e. The Hall–Kier alpha value is -4.83. The van der Waals surface area contributed by atoms with Crippen LogP contribution in [0, 0.1) is 11.7 Å². The van der Waals surface area contributed by atoms with Crippen LogP contribution in [0.4, 0.5) is 4.39 Å². The molecule has 3 fully saturated rings. The monoisotopic (exact) mass is 777 g/mol. The molecule has 3 N–H and O–H groups in total. The van der Waals surface area contributed by atoms with Crippen molar-refractivity contribution in [2.45, 2.75) is 93.7 Å². The summed E-state index contributed by atoms with van der Waals surface area (Å²) in [6.45, 7) is 1.29. The highest BCUT2D eigenvalue weighted by Crippen LogP contribution is 2.46. The number of nitrogens with zero attached hydrogens (tertiary/aromatic N) is 2. The first-order valence-corrected chi connectivity index (χ1v) is 20.7. The lowest BCUT2D eigenvalue weighted by Crippen LogP contribution is -2.58. The van der Waals surface area contributed by atoms with Gasteiger partial charge >= 0.3 is 0 Å². The van der Waals surface area contributed by atoms with E-state index in [2.05, 4.69) is 15.4 Å². The topological polar surface area (TPSA) is 177 Å². The average molecular weight is 778 g/mol. The largest absolute Gasteiger partial charge is 0.484 e. The predicted octanol–water partition coefficient (Wildman–Crippen LogP) is 4.71. The van der Waals surface area contributed by atoms with Gasteiger partial charge in [0.15, 0.2) is 11.3 Å². The van der Waals surface area contributed by atoms with Gasteiger partial charge in [0, 0.05) is 30.7 Å². The number of benzene rings is 1. The number of carbonyl (C=O) groups excluding carboxylic acids is 4. The maximum atomic E-state index is 14.4. The van der Waals surface area contributed by atoms with Crippen LogP contribution < -0.4 is 20.1 Å². The molecule has 2 aliphatic carbocycles. The Bertz CT molecular complexity index is 2290. The lowest BCUT2D eigenvalue weighted by molar-refractivity contribution is -0.142. The number of sulfonamides is 1. The highest BCUT2D eigenvalue weighted by atomic mass is 32.2. The molecule has 1 aromatic carbocycles. The van der Waals surface area contributed by atoms with Crippen LogP contribution in [0.3, 0.4) is 0 Å². The van der Waals surface area contributed by atoms with Gasteiger partial charge in [-0.1, -0.05) is 31.1 Å². The van der Waals surface area contributed by atoms with Crippen LogP contribution in [-0.4, -0.2) is 77.5 Å². The maximum absolute atomic E-state index is 14.4. The van der Waals surface area contributed by atoms with Crippen molar-refractivity contribution in [2.75, 3.05) is 6.54 Å². The molecule has 2 aliphatic heterocycles. The van der Waals surface area contributed by atoms with Crippen molar-refractivity contribution in [3.05, 3.63) is 59.7 Å². The van der Waals surface area contributed by atoms with E-state index in [1.165, 1.54) is 41.4 Å². The number of furan rings is 1. The third-order valence-electron chi connectivity index (χ3n) is 10.6. The number of thiophene rings is 1. The summed E-state index contributed by atoms with van der Waals surface area (Å²) in [4.78, 5) is 61.7. The number of rotatable bonds is 7. The van der Waals surface area contributed by atoms with Crippen molar-refractivity contribution < 1.29 is 41.1 Å². The summed E-state index contributed by atoms with van der Waals surface area (Å²) in [5.74, 6) is -2.92. The van der Waals surface area contributed by atoms with Crippen molar-refractivity contribution in [1.82, 2.24) is 25.2 Å². The van der Waals surface area contributed by atoms with E-state index >= 15 is 0 Å². The van der Waals surface area contributed by atoms with E-state index in [9.17, 15) is 32.0 Å². The van der Waals surface area contributed by atoms with E-state index < -0.39 is 74.4 Å². The van der Waals surface area contributed by atoms with Crippen LogP contribution in [0.5, 0.6) is 5.75 Å². The van der Waals surface area contributed by atoms with Crippen LogP contribution in [0.15, 0.2) is 58.3 Å². The number of hydrogen-bond donors (Lipinski definition) is 3. The number of halogens is 1. The summed E-state index contributed by atoms with van der Waals surface area (Å²) in [5.41, 5.74) is 0.108. The van der Waals surface area contributed by atoms with Crippen LogP contribution in [0.1, 0.15) is 64.7 Å². The lowest BCUT2D eigenvalue weighted by Gasteiger charge is -2.29. The summed E-state index contributed by atoms with van der Waals surface area (Å²) in [5, 5.41) is 7.36. The second kappa shape index (κ2) is 14.1. The van der Waals surface area contributed by atoms with E-state index in [0.717, 1.165) is 17.7 Å². The first-order chi connectivity index (χ1) is 25.9. The number of nitrogens with one attached hydrogen (secondary N) is 3. The molecular formula is C38H40FN5O8S2. The normalized spacial score (nSPS) is 27.0. The summed E-state index contributed by atoms with van der Waals surface area (Å²) in [6.07, 6.45) is 7.46. The van der Waals surface area contributed by atoms with Gasteiger partial charge in [0.05, 0.1) is 22.4 Å². The van der Waals surface area contributed by atoms with Crippen molar-refractivity contribution >= 4 is 67.1 Å². The fraction of sp³-hybridized carbons (Fsp3) is 0.447. The highest BCUT2D eigenvalue weighted by Gasteiger charge is 2.62. The predicted molar refractivity (Wildman–Crippen MR) is 198 cm³/mol. The molecule has 4 amide bonds. The molecule has 3 aromatic heterocycles. The van der Waals surface area contributed by atoms with Crippen molar-refractivity contribution in [1.29, 1.82) is 0 Å². The van der Waals surface area contributed by atoms with Gasteiger partial charge in [0.2, 0.25) is 27.7 Å². The minimum absolute atomic E-state index is 0.00987. The third-order valence-corrected chi connectivity index (χ3v) is 13.3. The van der Waals surface area contributed by atoms with Gasteiger partial charge in [0.25, 0.3) is 5.91 Å². The molecule has 54 heavy (non-hydrogen) atoms. The minimum atomic E-state index is -3.90. The molecule has 284 valence electrons. The zero-order chi connectivity index (χ0) is 37.8. The highest BCUT2D eigenvalue weighted by molar-refractivity contribution is 7.91. The second-order valence-corrected chi connectivity index (χ2v) is 17.6. The number of fused-ring (bicyclic) bond motifs is 5. The Morgan fingerprint density at radius 1 is 1.13 bits per heavy atom. The van der Waals surface area contributed by atoms with Gasteiger partial charge in [-0.25, -0.2) is 17.8 Å². The number of ether oxygens (including phenoxy) is 1. The second-order valence-electron chi connectivity index (χ2n) is 14.7. The molecule has 0 spiro atoms. The Morgan fingerprint density at radius 2 is 1.96 bits per heavy atom. The van der Waals surface area contributed by atoms with Crippen molar-refractivity contribution in [3.8, 4) is 16.3 Å². The smallest absolute Gasteiger partial charge is 0.259 e. The van der Waals surface area contributed by atoms with Crippen LogP contribution in [0.25, 0.3) is 32.6 Å². The zero-order valence-corrected chi connectivity index (χ0v) is 31.1. The number of amides is 4. The molecule has 0 radical (unpaired) electrons. The molecule has 4 aliphatic rings. The molecule has 4 aromatic rings. The van der Waals surface area contributed by atoms with Crippen molar-refractivity contribution in [2.24, 2.45) is 5.92 Å². The quantitative estimate of drug-likeness (QED) is 0.225. The molecular weight excluding hydrogens is 738 g/mol. The van der Waals surface area contributed by atoms with Gasteiger partial charge in [-0.2, -0.15) is 0 Å². The number of aromatic nitrogens is 1. The maximum Gasteiger partial charge on any atom is 0.259 e. The fourth-order valence-electron chi connectivity index (χ4n) is 7.59. The average Bonchev–Trinajstić information content (AvgIpc) is 3.93. The molecule has 2 saturated carbocycles. The molecule has 0 bridgehead atoms. The van der Waals surface area contributed by atoms with Gasteiger partial charge in [-0.05, 0) is 68.2 Å². The van der Waals surface area contributed by atoms with Crippen LogP contribution in [-0.2, 0) is 29.2 Å². The summed E-state index contributed by atoms with van der Waals surface area (Å²) < 4.78 is 55.0. The SMILES string of the molecule is CC(=O)N[C@H]1CCCCC/C=C\[C@H]2C[C@@]2(C(=O)NS(=O)(=O)C2CC2)NC(=O)[C@@H]2C[C@@H](Oc3cc(-c4cccs4)nc4c3oc3ccc(F)cc34)CN2C1=O. The Labute approximate surface area is 314 Å². The number of hydrogen-bond acceptors (Lipinski definition) is 10. The standard InChI is InChI=1S/C38H40FN5O8S2/c1-21(45)40-27-9-6-4-2-3-5-8-22-19-38(22,37(48)43-54(49,50)25-12-13-25)42-35(46)29-17-24(20-44(29)36(27)47)51-31-18-28(32-10-7-15-53-32)41-33-26-16-23(39)11-14-30(26)52-34(31)33/h5,7-8,10-11,14-16,18,22,24-25,27,29H,2-4,6,9,12-13,17,19-20H2,1H3,(H,40,45)(H,42,46)(H,43,48)/b8-5-/t22-,24+,27-,29-,38+/m0/s1. The molecule has 16 heteroatoms. The lowest BCUT2D eigenvalue weighted by atomic mass is 10.0. The van der Waals surface area contributed by atoms with E-state index in [4.69, 9.17) is 14.1 Å². The van der Waals surface area contributed by atoms with Gasteiger partial charge < -0.3 is 24.7 Å². The van der Waals surface area contributed by atoms with E-state index in [1.54, 1.807) is 6.07 Å². The third kappa shape index (κ3) is 7.08. The van der Waals surface area contributed by atoms with E-state index in [-0.39, 0.29) is 30.7 Å². The number of carbonyl (C=O) groups is 4. The first-order valence-electron chi connectivity index (χ1n) is 18.3. The van der Waals surface area contributed by atoms with E-state index in [0.29, 0.717) is 54.3 Å². The summed E-state index contributed by atoms with van der Waals surface area (Å²) in [6, 6.07) is 7.60. The molecule has 0 unspecified atom stereocenters. The Balaban J connectivity index is 1.14. The van der Waals surface area contributed by atoms with E-state index in [1.807, 2.05) is 29.7 Å². The Kier molecular flexibility index (Phi) is 9.45. The van der Waals surface area contributed by atoms with Gasteiger partial charge in [-0.15, -0.1) is 11.3 Å².